The summed E-state index contributed by atoms with van der Waals surface area (Å²) in [7, 11) is 0. The van der Waals surface area contributed by atoms with Crippen molar-refractivity contribution in [3.8, 4) is 0 Å². The minimum atomic E-state index is 0. The van der Waals surface area contributed by atoms with Gasteiger partial charge in [-0.3, -0.25) is 12.2 Å². The SMILES string of the molecule is [C-]1=CC=CC1.[C-]1=CC=CC1.[CH3-].[CH3-].[Cl-].[Cl-].[Zr+2]. The van der Waals surface area contributed by atoms with Crippen LogP contribution in [0.25, 0.3) is 0 Å². The fourth-order valence-corrected chi connectivity index (χ4v) is 0.680. The van der Waals surface area contributed by atoms with Crippen LogP contribution in [0.15, 0.2) is 36.5 Å². The molecule has 0 aromatic carbocycles. The van der Waals surface area contributed by atoms with Gasteiger partial charge in [0.1, 0.15) is 0 Å². The standard InChI is InChI=1S/2C5H5.2CH3.2ClH.Zr/c2*1-2-4-5-3-1;;;;;/h2*1-3H,4H2;2*1H3;2*1H;/q4*-1;;;+2/p-2. The summed E-state index contributed by atoms with van der Waals surface area (Å²) in [6.45, 7) is 0. The second-order valence-electron chi connectivity index (χ2n) is 2.01. The molecule has 0 bridgehead atoms. The van der Waals surface area contributed by atoms with Crippen molar-refractivity contribution in [2.45, 2.75) is 12.8 Å². The molecular weight excluding hydrogens is 306 g/mol. The van der Waals surface area contributed by atoms with Crippen molar-refractivity contribution in [3.63, 3.8) is 0 Å². The van der Waals surface area contributed by atoms with Crippen molar-refractivity contribution in [1.29, 1.82) is 0 Å². The fraction of sp³-hybridized carbons (Fsp3) is 0.167. The summed E-state index contributed by atoms with van der Waals surface area (Å²) in [5.74, 6) is 0. The Morgan fingerprint density at radius 3 is 1.13 bits per heavy atom. The van der Waals surface area contributed by atoms with Gasteiger partial charge in [0.05, 0.1) is 0 Å². The van der Waals surface area contributed by atoms with Gasteiger partial charge in [-0.2, -0.15) is 12.2 Å². The van der Waals surface area contributed by atoms with E-state index in [-0.39, 0.29) is 65.9 Å². The number of halogens is 2. The molecule has 0 spiro atoms. The zero-order chi connectivity index (χ0) is 7.07. The summed E-state index contributed by atoms with van der Waals surface area (Å²) >= 11 is 0. The van der Waals surface area contributed by atoms with E-state index in [0.717, 1.165) is 12.8 Å². The maximum absolute atomic E-state index is 2.99. The zero-order valence-corrected chi connectivity index (χ0v) is 13.1. The van der Waals surface area contributed by atoms with Crippen LogP contribution >= 0.6 is 0 Å². The molecule has 0 atom stereocenters. The van der Waals surface area contributed by atoms with Crippen LogP contribution in [0.5, 0.6) is 0 Å². The Hall–Kier alpha value is 0.423. The van der Waals surface area contributed by atoms with E-state index in [1.54, 1.807) is 0 Å². The Morgan fingerprint density at radius 1 is 0.733 bits per heavy atom. The molecule has 0 aromatic heterocycles. The summed E-state index contributed by atoms with van der Waals surface area (Å²) < 4.78 is 0. The van der Waals surface area contributed by atoms with Crippen LogP contribution in [0, 0.1) is 27.0 Å². The van der Waals surface area contributed by atoms with E-state index >= 15 is 0 Å². The molecule has 0 fully saturated rings. The van der Waals surface area contributed by atoms with Gasteiger partial charge in [-0.1, -0.05) is 0 Å². The summed E-state index contributed by atoms with van der Waals surface area (Å²) in [5.41, 5.74) is 0. The van der Waals surface area contributed by atoms with Crippen molar-refractivity contribution in [2.24, 2.45) is 0 Å². The van der Waals surface area contributed by atoms with Crippen LogP contribution in [0.1, 0.15) is 12.8 Å². The molecule has 0 radical (unpaired) electrons. The molecular formula is C12H16Cl2Zr-4. The van der Waals surface area contributed by atoms with Crippen molar-refractivity contribution < 1.29 is 51.0 Å². The van der Waals surface area contributed by atoms with E-state index in [1.807, 2.05) is 24.3 Å². The molecule has 0 unspecified atom stereocenters. The molecule has 0 saturated heterocycles. The van der Waals surface area contributed by atoms with Gasteiger partial charge in [0.25, 0.3) is 0 Å². The molecule has 0 nitrogen and oxygen atoms in total. The second kappa shape index (κ2) is 23.9. The van der Waals surface area contributed by atoms with E-state index in [1.165, 1.54) is 0 Å². The molecule has 86 valence electrons. The van der Waals surface area contributed by atoms with Gasteiger partial charge < -0.3 is 39.7 Å². The van der Waals surface area contributed by atoms with Crippen LogP contribution < -0.4 is 24.8 Å². The summed E-state index contributed by atoms with van der Waals surface area (Å²) in [5, 5.41) is 0. The van der Waals surface area contributed by atoms with E-state index in [9.17, 15) is 0 Å². The Bertz CT molecular complexity index is 152. The van der Waals surface area contributed by atoms with E-state index in [4.69, 9.17) is 0 Å². The fourth-order valence-electron chi connectivity index (χ4n) is 0.680. The molecule has 0 amide bonds. The molecule has 2 aliphatic carbocycles. The smallest absolute Gasteiger partial charge is 1.00 e. The normalized spacial score (nSPS) is 11.7. The first-order chi connectivity index (χ1) is 5.00. The van der Waals surface area contributed by atoms with E-state index in [0.29, 0.717) is 0 Å². The Morgan fingerprint density at radius 2 is 1.07 bits per heavy atom. The van der Waals surface area contributed by atoms with Gasteiger partial charge in [0.15, 0.2) is 0 Å². The Balaban J connectivity index is -0.0000000333. The largest absolute Gasteiger partial charge is 2.00 e. The predicted molar refractivity (Wildman–Crippen MR) is 56.0 cm³/mol. The average molecular weight is 322 g/mol. The monoisotopic (exact) mass is 320 g/mol. The van der Waals surface area contributed by atoms with Gasteiger partial charge in [-0.05, 0) is 0 Å². The Labute approximate surface area is 127 Å². The Kier molecular flexibility index (Phi) is 47.1. The zero-order valence-electron chi connectivity index (χ0n) is 9.13. The van der Waals surface area contributed by atoms with Crippen LogP contribution in [0.3, 0.4) is 0 Å². The first kappa shape index (κ1) is 29.5. The molecule has 15 heavy (non-hydrogen) atoms. The van der Waals surface area contributed by atoms with Gasteiger partial charge >= 0.3 is 26.2 Å². The van der Waals surface area contributed by atoms with Crippen molar-refractivity contribution in [3.05, 3.63) is 63.5 Å². The summed E-state index contributed by atoms with van der Waals surface area (Å²) in [6.07, 6.45) is 20.0. The molecule has 0 aliphatic heterocycles. The quantitative estimate of drug-likeness (QED) is 0.433. The maximum Gasteiger partial charge on any atom is 2.00 e. The van der Waals surface area contributed by atoms with E-state index < -0.39 is 0 Å². The van der Waals surface area contributed by atoms with Crippen molar-refractivity contribution in [2.75, 3.05) is 0 Å². The summed E-state index contributed by atoms with van der Waals surface area (Å²) in [4.78, 5) is 0. The summed E-state index contributed by atoms with van der Waals surface area (Å²) in [6, 6.07) is 0. The molecule has 0 heterocycles. The van der Waals surface area contributed by atoms with Crippen LogP contribution in [0.4, 0.5) is 0 Å². The third kappa shape index (κ3) is 20.5. The van der Waals surface area contributed by atoms with Gasteiger partial charge in [-0.25, -0.2) is 24.3 Å². The van der Waals surface area contributed by atoms with Crippen molar-refractivity contribution in [1.82, 2.24) is 0 Å². The van der Waals surface area contributed by atoms with E-state index in [2.05, 4.69) is 24.3 Å². The molecule has 3 heteroatoms. The van der Waals surface area contributed by atoms with Gasteiger partial charge in [-0.15, -0.1) is 12.8 Å². The maximum atomic E-state index is 2.99. The molecule has 0 aromatic rings. The molecule has 0 N–H and O–H groups in total. The topological polar surface area (TPSA) is 0 Å². The number of rotatable bonds is 0. The predicted octanol–water partition coefficient (Wildman–Crippen LogP) is -2.48. The number of hydrogen-bond donors (Lipinski definition) is 0. The van der Waals surface area contributed by atoms with Crippen molar-refractivity contribution >= 4 is 0 Å². The minimum absolute atomic E-state index is 0. The van der Waals surface area contributed by atoms with Crippen LogP contribution in [0.2, 0.25) is 0 Å². The van der Waals surface area contributed by atoms with Crippen LogP contribution in [-0.2, 0) is 26.2 Å². The first-order valence-corrected chi connectivity index (χ1v) is 3.43. The first-order valence-electron chi connectivity index (χ1n) is 3.43. The third-order valence-electron chi connectivity index (χ3n) is 1.17. The second-order valence-corrected chi connectivity index (χ2v) is 2.01. The minimum Gasteiger partial charge on any atom is -1.00 e. The number of hydrogen-bond acceptors (Lipinski definition) is 0. The number of allylic oxidation sites excluding steroid dienone is 8. The van der Waals surface area contributed by atoms with Gasteiger partial charge in [0.2, 0.25) is 0 Å². The molecule has 2 aliphatic rings. The molecule has 0 saturated carbocycles. The average Bonchev–Trinajstić information content (AvgIpc) is 2.67. The van der Waals surface area contributed by atoms with Gasteiger partial charge in [0, 0.05) is 0 Å². The molecule has 2 rings (SSSR count). The van der Waals surface area contributed by atoms with Crippen LogP contribution in [-0.4, -0.2) is 0 Å². The third-order valence-corrected chi connectivity index (χ3v) is 1.17.